The molecule has 0 saturated heterocycles. The zero-order chi connectivity index (χ0) is 9.84. The molecule has 1 rings (SSSR count). The fourth-order valence-electron chi connectivity index (χ4n) is 1.21. The summed E-state index contributed by atoms with van der Waals surface area (Å²) in [6.45, 7) is 7.29. The predicted molar refractivity (Wildman–Crippen MR) is 62.2 cm³/mol. The number of hydrogen-bond donors (Lipinski definition) is 0. The molecule has 0 bridgehead atoms. The van der Waals surface area contributed by atoms with Crippen LogP contribution < -0.4 is 0 Å². The van der Waals surface area contributed by atoms with Crippen LogP contribution in [0.3, 0.4) is 0 Å². The standard InChI is InChI=1S/C9H15BrN2S/c1-4-12-8(6-13-5-2)9(10)7(3)11-12/h4-6H2,1-3H3. The number of nitrogens with zero attached hydrogens (tertiary/aromatic N) is 2. The zero-order valence-electron chi connectivity index (χ0n) is 8.30. The lowest BCUT2D eigenvalue weighted by atomic mass is 10.4. The second-order valence-corrected chi connectivity index (χ2v) is 4.87. The largest absolute Gasteiger partial charge is 0.268 e. The summed E-state index contributed by atoms with van der Waals surface area (Å²) in [5.41, 5.74) is 2.40. The fraction of sp³-hybridized carbons (Fsp3) is 0.667. The molecule has 0 aliphatic heterocycles. The third-order valence-electron chi connectivity index (χ3n) is 1.90. The van der Waals surface area contributed by atoms with E-state index in [0.717, 1.165) is 23.7 Å². The number of hydrogen-bond acceptors (Lipinski definition) is 2. The van der Waals surface area contributed by atoms with Crippen molar-refractivity contribution in [1.82, 2.24) is 9.78 Å². The molecule has 0 spiro atoms. The van der Waals surface area contributed by atoms with Crippen molar-refractivity contribution >= 4 is 27.7 Å². The number of rotatable bonds is 4. The molecule has 1 aromatic rings. The summed E-state index contributed by atoms with van der Waals surface area (Å²) in [5, 5.41) is 4.44. The van der Waals surface area contributed by atoms with Crippen molar-refractivity contribution in [3.63, 3.8) is 0 Å². The van der Waals surface area contributed by atoms with Gasteiger partial charge in [-0.25, -0.2) is 0 Å². The highest BCUT2D eigenvalue weighted by atomic mass is 79.9. The fourth-order valence-corrected chi connectivity index (χ4v) is 2.51. The van der Waals surface area contributed by atoms with Gasteiger partial charge in [0.1, 0.15) is 0 Å². The van der Waals surface area contributed by atoms with Crippen LogP contribution in [0.2, 0.25) is 0 Å². The maximum absolute atomic E-state index is 4.44. The van der Waals surface area contributed by atoms with Gasteiger partial charge < -0.3 is 0 Å². The minimum Gasteiger partial charge on any atom is -0.268 e. The van der Waals surface area contributed by atoms with Crippen molar-refractivity contribution in [3.8, 4) is 0 Å². The van der Waals surface area contributed by atoms with Gasteiger partial charge in [-0.2, -0.15) is 16.9 Å². The maximum atomic E-state index is 4.44. The molecular weight excluding hydrogens is 248 g/mol. The first-order valence-corrected chi connectivity index (χ1v) is 6.45. The lowest BCUT2D eigenvalue weighted by molar-refractivity contribution is 0.631. The Morgan fingerprint density at radius 1 is 1.46 bits per heavy atom. The quantitative estimate of drug-likeness (QED) is 0.830. The van der Waals surface area contributed by atoms with Gasteiger partial charge in [0, 0.05) is 12.3 Å². The molecule has 0 aliphatic carbocycles. The third kappa shape index (κ3) is 2.50. The van der Waals surface area contributed by atoms with E-state index in [9.17, 15) is 0 Å². The van der Waals surface area contributed by atoms with Crippen LogP contribution in [0.25, 0.3) is 0 Å². The number of aryl methyl sites for hydroxylation is 2. The average Bonchev–Trinajstić information content (AvgIpc) is 2.40. The summed E-state index contributed by atoms with van der Waals surface area (Å²) in [4.78, 5) is 0. The molecule has 0 radical (unpaired) electrons. The van der Waals surface area contributed by atoms with Crippen molar-refractivity contribution in [1.29, 1.82) is 0 Å². The molecule has 1 heterocycles. The highest BCUT2D eigenvalue weighted by Gasteiger charge is 2.10. The number of halogens is 1. The van der Waals surface area contributed by atoms with Crippen molar-refractivity contribution in [2.24, 2.45) is 0 Å². The van der Waals surface area contributed by atoms with Gasteiger partial charge in [0.25, 0.3) is 0 Å². The number of thioether (sulfide) groups is 1. The van der Waals surface area contributed by atoms with Gasteiger partial charge in [-0.1, -0.05) is 6.92 Å². The number of aromatic nitrogens is 2. The van der Waals surface area contributed by atoms with Crippen LogP contribution in [0.15, 0.2) is 4.47 Å². The van der Waals surface area contributed by atoms with E-state index < -0.39 is 0 Å². The van der Waals surface area contributed by atoms with E-state index in [1.807, 2.05) is 18.7 Å². The Balaban J connectivity index is 2.88. The van der Waals surface area contributed by atoms with Crippen molar-refractivity contribution in [2.45, 2.75) is 33.1 Å². The van der Waals surface area contributed by atoms with E-state index in [-0.39, 0.29) is 0 Å². The van der Waals surface area contributed by atoms with Gasteiger partial charge >= 0.3 is 0 Å². The van der Waals surface area contributed by atoms with Gasteiger partial charge in [-0.05, 0) is 35.5 Å². The molecule has 0 fully saturated rings. The lowest BCUT2D eigenvalue weighted by Gasteiger charge is -2.03. The second kappa shape index (κ2) is 5.05. The molecule has 74 valence electrons. The molecule has 0 saturated carbocycles. The monoisotopic (exact) mass is 262 g/mol. The third-order valence-corrected chi connectivity index (χ3v) is 3.81. The molecular formula is C9H15BrN2S. The summed E-state index contributed by atoms with van der Waals surface area (Å²) in [7, 11) is 0. The summed E-state index contributed by atoms with van der Waals surface area (Å²) >= 11 is 5.50. The normalized spacial score (nSPS) is 10.8. The predicted octanol–water partition coefficient (Wildman–Crippen LogP) is 3.23. The van der Waals surface area contributed by atoms with Gasteiger partial charge in [0.2, 0.25) is 0 Å². The average molecular weight is 263 g/mol. The molecule has 13 heavy (non-hydrogen) atoms. The van der Waals surface area contributed by atoms with Crippen LogP contribution in [0.5, 0.6) is 0 Å². The summed E-state index contributed by atoms with van der Waals surface area (Å²) < 4.78 is 3.25. The molecule has 0 N–H and O–H groups in total. The zero-order valence-corrected chi connectivity index (χ0v) is 10.7. The van der Waals surface area contributed by atoms with Gasteiger partial charge in [-0.15, -0.1) is 0 Å². The molecule has 0 aromatic carbocycles. The topological polar surface area (TPSA) is 17.8 Å². The summed E-state index contributed by atoms with van der Waals surface area (Å²) in [5.74, 6) is 2.20. The highest BCUT2D eigenvalue weighted by molar-refractivity contribution is 9.10. The highest BCUT2D eigenvalue weighted by Crippen LogP contribution is 2.24. The SMILES string of the molecule is CCSCc1c(Br)c(C)nn1CC. The van der Waals surface area contributed by atoms with Gasteiger partial charge in [-0.3, -0.25) is 4.68 Å². The minimum absolute atomic E-state index is 0.950. The van der Waals surface area contributed by atoms with Crippen molar-refractivity contribution < 1.29 is 0 Å². The van der Waals surface area contributed by atoms with Crippen LogP contribution in [0, 0.1) is 6.92 Å². The van der Waals surface area contributed by atoms with Crippen molar-refractivity contribution in [3.05, 3.63) is 15.9 Å². The maximum Gasteiger partial charge on any atom is 0.0739 e. The Morgan fingerprint density at radius 2 is 2.15 bits per heavy atom. The second-order valence-electron chi connectivity index (χ2n) is 2.80. The Morgan fingerprint density at radius 3 is 2.69 bits per heavy atom. The van der Waals surface area contributed by atoms with E-state index in [4.69, 9.17) is 0 Å². The van der Waals surface area contributed by atoms with Crippen LogP contribution >= 0.6 is 27.7 Å². The minimum atomic E-state index is 0.950. The van der Waals surface area contributed by atoms with E-state index in [2.05, 4.69) is 39.6 Å². The first kappa shape index (κ1) is 11.1. The molecule has 0 aliphatic rings. The molecule has 0 unspecified atom stereocenters. The van der Waals surface area contributed by atoms with Gasteiger partial charge in [0.15, 0.2) is 0 Å². The van der Waals surface area contributed by atoms with Crippen LogP contribution in [0.1, 0.15) is 25.2 Å². The van der Waals surface area contributed by atoms with Crippen LogP contribution in [-0.2, 0) is 12.3 Å². The van der Waals surface area contributed by atoms with Crippen LogP contribution in [0.4, 0.5) is 0 Å². The molecule has 4 heteroatoms. The first-order valence-electron chi connectivity index (χ1n) is 4.50. The lowest BCUT2D eigenvalue weighted by Crippen LogP contribution is -2.01. The van der Waals surface area contributed by atoms with Crippen molar-refractivity contribution in [2.75, 3.05) is 5.75 Å². The van der Waals surface area contributed by atoms with E-state index in [0.29, 0.717) is 0 Å². The molecule has 0 amide bonds. The molecule has 0 atom stereocenters. The van der Waals surface area contributed by atoms with Gasteiger partial charge in [0.05, 0.1) is 15.9 Å². The van der Waals surface area contributed by atoms with E-state index in [1.165, 1.54) is 10.2 Å². The van der Waals surface area contributed by atoms with E-state index in [1.54, 1.807) is 0 Å². The first-order chi connectivity index (χ1) is 6.20. The summed E-state index contributed by atoms with van der Waals surface area (Å²) in [6, 6.07) is 0. The molecule has 2 nitrogen and oxygen atoms in total. The Bertz CT molecular complexity index is 283. The Kier molecular flexibility index (Phi) is 4.32. The Labute approximate surface area is 92.2 Å². The Hall–Kier alpha value is 0.0400. The summed E-state index contributed by atoms with van der Waals surface area (Å²) in [6.07, 6.45) is 0. The smallest absolute Gasteiger partial charge is 0.0739 e. The van der Waals surface area contributed by atoms with E-state index >= 15 is 0 Å². The molecule has 1 aromatic heterocycles. The van der Waals surface area contributed by atoms with Crippen LogP contribution in [-0.4, -0.2) is 15.5 Å².